The van der Waals surface area contributed by atoms with Crippen LogP contribution in [-0.4, -0.2) is 86.1 Å². The van der Waals surface area contributed by atoms with Gasteiger partial charge in [0.05, 0.1) is 12.7 Å². The fourth-order valence-electron chi connectivity index (χ4n) is 1.55. The normalized spacial score (nSPS) is 18.5. The predicted molar refractivity (Wildman–Crippen MR) is 69.0 cm³/mol. The Morgan fingerprint density at radius 2 is 1.57 bits per heavy atom. The van der Waals surface area contributed by atoms with Crippen LogP contribution < -0.4 is 11.1 Å². The quantitative estimate of drug-likeness (QED) is 0.186. The zero-order chi connectivity index (χ0) is 16.6. The number of aliphatic hydroxyl groups excluding tert-OH is 5. The number of carbonyl (C=O) groups excluding carboxylic acids is 1. The molecule has 9 N–H and O–H groups in total. The Hall–Kier alpha value is -1.30. The van der Waals surface area contributed by atoms with Crippen molar-refractivity contribution < 1.29 is 40.2 Å². The predicted octanol–water partition coefficient (Wildman–Crippen LogP) is -4.27. The molecule has 0 aliphatic heterocycles. The largest absolute Gasteiger partial charge is 0.480 e. The highest BCUT2D eigenvalue weighted by Gasteiger charge is 2.30. The van der Waals surface area contributed by atoms with Crippen LogP contribution in [0.15, 0.2) is 0 Å². The second-order valence-electron chi connectivity index (χ2n) is 4.60. The zero-order valence-corrected chi connectivity index (χ0v) is 11.3. The fraction of sp³-hybridized carbons (Fsp3) is 0.818. The lowest BCUT2D eigenvalue weighted by molar-refractivity contribution is -0.140. The highest BCUT2D eigenvalue weighted by Crippen LogP contribution is 2.05. The first-order valence-corrected chi connectivity index (χ1v) is 6.28. The minimum absolute atomic E-state index is 0.102. The molecule has 0 aliphatic rings. The van der Waals surface area contributed by atoms with E-state index in [1.54, 1.807) is 0 Å². The minimum Gasteiger partial charge on any atom is -0.480 e. The number of carboxylic acids is 1. The number of nitrogens with two attached hydrogens (primary N) is 1. The lowest BCUT2D eigenvalue weighted by Crippen LogP contribution is -2.51. The molecule has 124 valence electrons. The second-order valence-corrected chi connectivity index (χ2v) is 4.60. The van der Waals surface area contributed by atoms with Crippen molar-refractivity contribution in [1.29, 1.82) is 0 Å². The van der Waals surface area contributed by atoms with E-state index in [-0.39, 0.29) is 12.8 Å². The van der Waals surface area contributed by atoms with Crippen LogP contribution in [0.5, 0.6) is 0 Å². The van der Waals surface area contributed by atoms with Gasteiger partial charge < -0.3 is 41.7 Å². The number of rotatable bonds is 11. The Kier molecular flexibility index (Phi) is 9.01. The summed E-state index contributed by atoms with van der Waals surface area (Å²) >= 11 is 0. The zero-order valence-electron chi connectivity index (χ0n) is 11.3. The molecule has 0 unspecified atom stereocenters. The Bertz CT molecular complexity index is 340. The molecule has 0 spiro atoms. The Morgan fingerprint density at radius 3 is 2.00 bits per heavy atom. The summed E-state index contributed by atoms with van der Waals surface area (Å²) in [4.78, 5) is 21.5. The topological polar surface area (TPSA) is 194 Å². The van der Waals surface area contributed by atoms with Crippen molar-refractivity contribution in [3.63, 3.8) is 0 Å². The highest BCUT2D eigenvalue weighted by atomic mass is 16.4. The van der Waals surface area contributed by atoms with Gasteiger partial charge in [0.2, 0.25) is 5.91 Å². The molecule has 0 fully saturated rings. The summed E-state index contributed by atoms with van der Waals surface area (Å²) in [5, 5.41) is 57.5. The molecular weight excluding hydrogens is 288 g/mol. The first-order chi connectivity index (χ1) is 9.70. The van der Waals surface area contributed by atoms with Gasteiger partial charge in [0.25, 0.3) is 0 Å². The van der Waals surface area contributed by atoms with Crippen molar-refractivity contribution in [2.24, 2.45) is 5.73 Å². The van der Waals surface area contributed by atoms with Crippen LogP contribution in [0.2, 0.25) is 0 Å². The summed E-state index contributed by atoms with van der Waals surface area (Å²) in [5.41, 5.74) is 4.90. The maximum atomic E-state index is 10.9. The standard InChI is InChI=1S/C11H22N2O8/c12-8(17)2-1-5(11(20)21)13-3-6(15)9(18)10(19)7(16)4-14/h5-7,9-10,13-16,18-19H,1-4H2,(H2,12,17)(H,20,21)/t5-,6-,7+,9+,10+/m0/s1. The van der Waals surface area contributed by atoms with Gasteiger partial charge in [-0.1, -0.05) is 0 Å². The number of carboxylic acid groups (broad SMARTS) is 1. The third-order valence-electron chi connectivity index (χ3n) is 2.88. The van der Waals surface area contributed by atoms with E-state index >= 15 is 0 Å². The second kappa shape index (κ2) is 9.60. The van der Waals surface area contributed by atoms with Gasteiger partial charge in [-0.15, -0.1) is 0 Å². The van der Waals surface area contributed by atoms with Crippen molar-refractivity contribution in [3.05, 3.63) is 0 Å². The van der Waals surface area contributed by atoms with Gasteiger partial charge in [0.1, 0.15) is 24.4 Å². The summed E-state index contributed by atoms with van der Waals surface area (Å²) in [6.45, 7) is -1.22. The molecular formula is C11H22N2O8. The number of hydrogen-bond donors (Lipinski definition) is 8. The molecule has 10 nitrogen and oxygen atoms in total. The number of aliphatic hydroxyl groups is 5. The number of aliphatic carboxylic acids is 1. The van der Waals surface area contributed by atoms with Gasteiger partial charge in [0.15, 0.2) is 0 Å². The van der Waals surface area contributed by atoms with Crippen LogP contribution in [0.1, 0.15) is 12.8 Å². The maximum Gasteiger partial charge on any atom is 0.320 e. The summed E-state index contributed by atoms with van der Waals surface area (Å²) in [5.74, 6) is -1.95. The molecule has 0 rings (SSSR count). The van der Waals surface area contributed by atoms with E-state index in [1.807, 2.05) is 0 Å². The van der Waals surface area contributed by atoms with E-state index in [9.17, 15) is 24.9 Å². The van der Waals surface area contributed by atoms with Crippen LogP contribution in [-0.2, 0) is 9.59 Å². The molecule has 0 saturated carbocycles. The monoisotopic (exact) mass is 310 g/mol. The van der Waals surface area contributed by atoms with Crippen molar-refractivity contribution in [1.82, 2.24) is 5.32 Å². The smallest absolute Gasteiger partial charge is 0.320 e. The number of primary amides is 1. The van der Waals surface area contributed by atoms with E-state index in [1.165, 1.54) is 0 Å². The molecule has 0 aliphatic carbocycles. The molecule has 21 heavy (non-hydrogen) atoms. The molecule has 0 aromatic carbocycles. The van der Waals surface area contributed by atoms with Crippen molar-refractivity contribution >= 4 is 11.9 Å². The van der Waals surface area contributed by atoms with E-state index in [4.69, 9.17) is 21.1 Å². The molecule has 1 amide bonds. The molecule has 0 bridgehead atoms. The summed E-state index contributed by atoms with van der Waals surface area (Å²) in [6, 6.07) is -1.17. The number of carbonyl (C=O) groups is 2. The molecule has 0 saturated heterocycles. The van der Waals surface area contributed by atoms with Crippen molar-refractivity contribution in [2.45, 2.75) is 43.3 Å². The van der Waals surface area contributed by atoms with Gasteiger partial charge in [-0.2, -0.15) is 0 Å². The van der Waals surface area contributed by atoms with Gasteiger partial charge in [-0.05, 0) is 6.42 Å². The van der Waals surface area contributed by atoms with Gasteiger partial charge >= 0.3 is 5.97 Å². The lowest BCUT2D eigenvalue weighted by atomic mass is 10.0. The van der Waals surface area contributed by atoms with Crippen LogP contribution in [0, 0.1) is 0 Å². The van der Waals surface area contributed by atoms with E-state index in [0.29, 0.717) is 0 Å². The average molecular weight is 310 g/mol. The van der Waals surface area contributed by atoms with Crippen LogP contribution in [0.25, 0.3) is 0 Å². The third kappa shape index (κ3) is 7.32. The highest BCUT2D eigenvalue weighted by molar-refractivity contribution is 5.77. The molecule has 10 heteroatoms. The summed E-state index contributed by atoms with van der Waals surface area (Å²) < 4.78 is 0. The van der Waals surface area contributed by atoms with Crippen LogP contribution in [0.3, 0.4) is 0 Å². The van der Waals surface area contributed by atoms with E-state index in [0.717, 1.165) is 0 Å². The van der Waals surface area contributed by atoms with Gasteiger partial charge in [0, 0.05) is 13.0 Å². The van der Waals surface area contributed by atoms with Crippen molar-refractivity contribution in [2.75, 3.05) is 13.2 Å². The molecule has 0 aromatic rings. The van der Waals surface area contributed by atoms with Crippen LogP contribution in [0.4, 0.5) is 0 Å². The van der Waals surface area contributed by atoms with Gasteiger partial charge in [-0.25, -0.2) is 0 Å². The first kappa shape index (κ1) is 19.7. The van der Waals surface area contributed by atoms with E-state index < -0.39 is 55.5 Å². The lowest BCUT2D eigenvalue weighted by Gasteiger charge is -2.26. The molecule has 5 atom stereocenters. The van der Waals surface area contributed by atoms with Gasteiger partial charge in [-0.3, -0.25) is 9.59 Å². The summed E-state index contributed by atoms with van der Waals surface area (Å²) in [6.07, 6.45) is -7.08. The van der Waals surface area contributed by atoms with Crippen LogP contribution >= 0.6 is 0 Å². The molecule has 0 radical (unpaired) electrons. The minimum atomic E-state index is -1.79. The SMILES string of the molecule is NC(=O)CC[C@H](NC[C@H](O)[C@@H](O)[C@H](O)[C@H](O)CO)C(=O)O. The Labute approximate surface area is 120 Å². The third-order valence-corrected chi connectivity index (χ3v) is 2.88. The number of hydrogen-bond acceptors (Lipinski definition) is 8. The fourth-order valence-corrected chi connectivity index (χ4v) is 1.55. The first-order valence-electron chi connectivity index (χ1n) is 6.28. The maximum absolute atomic E-state index is 10.9. The number of amides is 1. The van der Waals surface area contributed by atoms with Crippen molar-refractivity contribution in [3.8, 4) is 0 Å². The summed E-state index contributed by atoms with van der Waals surface area (Å²) in [7, 11) is 0. The Balaban J connectivity index is 4.38. The van der Waals surface area contributed by atoms with E-state index in [2.05, 4.69) is 5.32 Å². The number of nitrogens with one attached hydrogen (secondary N) is 1. The molecule has 0 heterocycles. The Morgan fingerprint density at radius 1 is 1.05 bits per heavy atom. The average Bonchev–Trinajstić information content (AvgIpc) is 2.43. The molecule has 0 aromatic heterocycles.